The van der Waals surface area contributed by atoms with Crippen molar-refractivity contribution >= 4 is 22.6 Å². The van der Waals surface area contributed by atoms with Crippen LogP contribution in [0.1, 0.15) is 23.0 Å². The molecule has 0 saturated heterocycles. The Morgan fingerprint density at radius 2 is 1.88 bits per heavy atom. The number of aryl methyl sites for hydroxylation is 1. The van der Waals surface area contributed by atoms with Gasteiger partial charge < -0.3 is 4.74 Å². The SMILES string of the molecule is CCOC(=O)c1c(C)nc2c([N+](=O)[O-])cccc2c1-c1ccccc1. The zero-order valence-corrected chi connectivity index (χ0v) is 13.9. The lowest BCUT2D eigenvalue weighted by molar-refractivity contribution is -0.383. The zero-order valence-electron chi connectivity index (χ0n) is 13.9. The number of nitrogens with zero attached hydrogens (tertiary/aromatic N) is 2. The number of hydrogen-bond acceptors (Lipinski definition) is 5. The molecule has 126 valence electrons. The number of nitro groups is 1. The molecule has 0 fully saturated rings. The number of fused-ring (bicyclic) bond motifs is 1. The van der Waals surface area contributed by atoms with E-state index in [0.717, 1.165) is 5.56 Å². The van der Waals surface area contributed by atoms with Crippen LogP contribution in [0.15, 0.2) is 48.5 Å². The Morgan fingerprint density at radius 3 is 2.52 bits per heavy atom. The minimum atomic E-state index is -0.486. The second-order valence-corrected chi connectivity index (χ2v) is 5.46. The van der Waals surface area contributed by atoms with Crippen LogP contribution in [0.5, 0.6) is 0 Å². The molecule has 0 bridgehead atoms. The molecule has 0 amide bonds. The summed E-state index contributed by atoms with van der Waals surface area (Å²) in [5, 5.41) is 11.9. The van der Waals surface area contributed by atoms with Crippen LogP contribution in [0.4, 0.5) is 5.69 Å². The van der Waals surface area contributed by atoms with E-state index in [4.69, 9.17) is 4.74 Å². The minimum Gasteiger partial charge on any atom is -0.462 e. The maximum absolute atomic E-state index is 12.5. The molecule has 0 N–H and O–H groups in total. The standard InChI is InChI=1S/C19H16N2O4/c1-3-25-19(22)16-12(2)20-18-14(10-7-11-15(18)21(23)24)17(16)13-8-5-4-6-9-13/h4-11H,3H2,1-2H3. The van der Waals surface area contributed by atoms with Crippen LogP contribution in [-0.4, -0.2) is 22.5 Å². The molecular weight excluding hydrogens is 320 g/mol. The summed E-state index contributed by atoms with van der Waals surface area (Å²) in [6, 6.07) is 14.0. The van der Waals surface area contributed by atoms with E-state index in [1.807, 2.05) is 30.3 Å². The highest BCUT2D eigenvalue weighted by Crippen LogP contribution is 2.36. The van der Waals surface area contributed by atoms with Crippen molar-refractivity contribution in [3.05, 3.63) is 69.9 Å². The van der Waals surface area contributed by atoms with Crippen LogP contribution in [-0.2, 0) is 4.74 Å². The third-order valence-corrected chi connectivity index (χ3v) is 3.91. The van der Waals surface area contributed by atoms with Gasteiger partial charge in [-0.05, 0) is 19.4 Å². The predicted molar refractivity (Wildman–Crippen MR) is 94.5 cm³/mol. The van der Waals surface area contributed by atoms with Crippen molar-refractivity contribution in [2.75, 3.05) is 6.61 Å². The molecule has 3 aromatic rings. The van der Waals surface area contributed by atoms with Crippen molar-refractivity contribution in [3.63, 3.8) is 0 Å². The fraction of sp³-hybridized carbons (Fsp3) is 0.158. The number of rotatable bonds is 4. The highest BCUT2D eigenvalue weighted by Gasteiger charge is 2.24. The third kappa shape index (κ3) is 2.94. The summed E-state index contributed by atoms with van der Waals surface area (Å²) in [4.78, 5) is 27.8. The van der Waals surface area contributed by atoms with Gasteiger partial charge in [-0.1, -0.05) is 42.5 Å². The van der Waals surface area contributed by atoms with Crippen molar-refractivity contribution in [2.24, 2.45) is 0 Å². The Hall–Kier alpha value is -3.28. The normalized spacial score (nSPS) is 10.6. The quantitative estimate of drug-likeness (QED) is 0.403. The van der Waals surface area contributed by atoms with Gasteiger partial charge in [0.05, 0.1) is 22.8 Å². The maximum Gasteiger partial charge on any atom is 0.340 e. The van der Waals surface area contributed by atoms with E-state index in [1.165, 1.54) is 6.07 Å². The van der Waals surface area contributed by atoms with Gasteiger partial charge in [-0.15, -0.1) is 0 Å². The molecule has 2 aromatic carbocycles. The average Bonchev–Trinajstić information content (AvgIpc) is 2.60. The number of nitro benzene ring substituents is 1. The number of carbonyl (C=O) groups excluding carboxylic acids is 1. The molecule has 0 unspecified atom stereocenters. The first-order chi connectivity index (χ1) is 12.0. The number of non-ortho nitro benzene ring substituents is 1. The maximum atomic E-state index is 12.5. The molecule has 1 heterocycles. The highest BCUT2D eigenvalue weighted by molar-refractivity contribution is 6.09. The van der Waals surface area contributed by atoms with E-state index in [0.29, 0.717) is 22.2 Å². The molecular formula is C19H16N2O4. The number of para-hydroxylation sites is 1. The van der Waals surface area contributed by atoms with Crippen LogP contribution in [0, 0.1) is 17.0 Å². The van der Waals surface area contributed by atoms with E-state index in [1.54, 1.807) is 26.0 Å². The zero-order chi connectivity index (χ0) is 18.0. The fourth-order valence-electron chi connectivity index (χ4n) is 2.89. The number of ether oxygens (including phenoxy) is 1. The van der Waals surface area contributed by atoms with Crippen molar-refractivity contribution < 1.29 is 14.5 Å². The topological polar surface area (TPSA) is 82.3 Å². The molecule has 25 heavy (non-hydrogen) atoms. The second kappa shape index (κ2) is 6.68. The van der Waals surface area contributed by atoms with E-state index in [-0.39, 0.29) is 17.8 Å². The Bertz CT molecular complexity index is 968. The average molecular weight is 336 g/mol. The number of carbonyl (C=O) groups is 1. The van der Waals surface area contributed by atoms with Crippen LogP contribution < -0.4 is 0 Å². The molecule has 0 spiro atoms. The van der Waals surface area contributed by atoms with Gasteiger partial charge in [0.2, 0.25) is 0 Å². The lowest BCUT2D eigenvalue weighted by Crippen LogP contribution is -2.11. The second-order valence-electron chi connectivity index (χ2n) is 5.46. The van der Waals surface area contributed by atoms with Crippen LogP contribution >= 0.6 is 0 Å². The first kappa shape index (κ1) is 16.6. The number of aromatic nitrogens is 1. The van der Waals surface area contributed by atoms with E-state index in [9.17, 15) is 14.9 Å². The summed E-state index contributed by atoms with van der Waals surface area (Å²) < 4.78 is 5.18. The lowest BCUT2D eigenvalue weighted by atomic mass is 9.94. The van der Waals surface area contributed by atoms with Crippen molar-refractivity contribution in [2.45, 2.75) is 13.8 Å². The Balaban J connectivity index is 2.45. The van der Waals surface area contributed by atoms with E-state index in [2.05, 4.69) is 4.98 Å². The Labute approximate surface area is 144 Å². The van der Waals surface area contributed by atoms with E-state index < -0.39 is 10.9 Å². The summed E-state index contributed by atoms with van der Waals surface area (Å²) in [6.45, 7) is 3.63. The largest absolute Gasteiger partial charge is 0.462 e. The molecule has 0 radical (unpaired) electrons. The van der Waals surface area contributed by atoms with Crippen LogP contribution in [0.3, 0.4) is 0 Å². The number of benzene rings is 2. The summed E-state index contributed by atoms with van der Waals surface area (Å²) in [5.74, 6) is -0.486. The fourth-order valence-corrected chi connectivity index (χ4v) is 2.89. The summed E-state index contributed by atoms with van der Waals surface area (Å²) in [7, 11) is 0. The molecule has 0 aliphatic carbocycles. The molecule has 0 atom stereocenters. The minimum absolute atomic E-state index is 0.0896. The summed E-state index contributed by atoms with van der Waals surface area (Å²) in [5.41, 5.74) is 2.29. The monoisotopic (exact) mass is 336 g/mol. The van der Waals surface area contributed by atoms with Gasteiger partial charge in [-0.25, -0.2) is 9.78 Å². The highest BCUT2D eigenvalue weighted by atomic mass is 16.6. The number of pyridine rings is 1. The lowest BCUT2D eigenvalue weighted by Gasteiger charge is -2.15. The van der Waals surface area contributed by atoms with Gasteiger partial charge in [-0.3, -0.25) is 10.1 Å². The Kier molecular flexibility index (Phi) is 4.43. The molecule has 0 aliphatic rings. The van der Waals surface area contributed by atoms with Crippen LogP contribution in [0.2, 0.25) is 0 Å². The first-order valence-corrected chi connectivity index (χ1v) is 7.84. The molecule has 6 nitrogen and oxygen atoms in total. The molecule has 1 aromatic heterocycles. The summed E-state index contributed by atoms with van der Waals surface area (Å²) >= 11 is 0. The Morgan fingerprint density at radius 1 is 1.16 bits per heavy atom. The van der Waals surface area contributed by atoms with Gasteiger partial charge in [0.1, 0.15) is 5.52 Å². The molecule has 6 heteroatoms. The van der Waals surface area contributed by atoms with Gasteiger partial charge >= 0.3 is 5.97 Å². The predicted octanol–water partition coefficient (Wildman–Crippen LogP) is 4.30. The molecule has 0 saturated carbocycles. The number of hydrogen-bond donors (Lipinski definition) is 0. The third-order valence-electron chi connectivity index (χ3n) is 3.91. The first-order valence-electron chi connectivity index (χ1n) is 7.84. The molecule has 0 aliphatic heterocycles. The van der Waals surface area contributed by atoms with Crippen molar-refractivity contribution in [1.29, 1.82) is 0 Å². The van der Waals surface area contributed by atoms with E-state index >= 15 is 0 Å². The van der Waals surface area contributed by atoms with Gasteiger partial charge in [0, 0.05) is 17.0 Å². The van der Waals surface area contributed by atoms with Crippen LogP contribution in [0.25, 0.3) is 22.0 Å². The van der Waals surface area contributed by atoms with Crippen molar-refractivity contribution in [3.8, 4) is 11.1 Å². The van der Waals surface area contributed by atoms with Gasteiger partial charge in [0.15, 0.2) is 0 Å². The van der Waals surface area contributed by atoms with Crippen molar-refractivity contribution in [1.82, 2.24) is 4.98 Å². The van der Waals surface area contributed by atoms with Gasteiger partial charge in [-0.2, -0.15) is 0 Å². The summed E-state index contributed by atoms with van der Waals surface area (Å²) in [6.07, 6.45) is 0. The smallest absolute Gasteiger partial charge is 0.340 e. The number of esters is 1. The molecule has 3 rings (SSSR count). The van der Waals surface area contributed by atoms with Gasteiger partial charge in [0.25, 0.3) is 5.69 Å².